The van der Waals surface area contributed by atoms with Gasteiger partial charge in [0.2, 0.25) is 0 Å². The van der Waals surface area contributed by atoms with Crippen LogP contribution in [0.4, 0.5) is 10.5 Å². The summed E-state index contributed by atoms with van der Waals surface area (Å²) in [5.74, 6) is 0. The van der Waals surface area contributed by atoms with Crippen LogP contribution in [0.25, 0.3) is 0 Å². The average Bonchev–Trinajstić information content (AvgIpc) is 3.03. The number of ether oxygens (including phenoxy) is 2. The lowest BCUT2D eigenvalue weighted by Gasteiger charge is -2.20. The molecule has 1 amide bonds. The summed E-state index contributed by atoms with van der Waals surface area (Å²) in [4.78, 5) is 11.6. The number of hydrogen-bond donors (Lipinski definition) is 1. The van der Waals surface area contributed by atoms with Crippen LogP contribution >= 0.6 is 11.6 Å². The zero-order valence-electron chi connectivity index (χ0n) is 11.3. The van der Waals surface area contributed by atoms with Gasteiger partial charge in [-0.1, -0.05) is 17.7 Å². The summed E-state index contributed by atoms with van der Waals surface area (Å²) in [6.07, 6.45) is 0.667. The zero-order chi connectivity index (χ0) is 14.0. The zero-order valence-corrected chi connectivity index (χ0v) is 12.1. The van der Waals surface area contributed by atoms with Crippen LogP contribution in [-0.2, 0) is 15.9 Å². The van der Waals surface area contributed by atoms with E-state index in [0.717, 1.165) is 18.6 Å². The van der Waals surface area contributed by atoms with Gasteiger partial charge in [-0.05, 0) is 38.5 Å². The molecule has 1 aliphatic rings. The van der Waals surface area contributed by atoms with E-state index in [4.69, 9.17) is 21.1 Å². The third-order valence-electron chi connectivity index (χ3n) is 2.53. The maximum absolute atomic E-state index is 11.6. The molecule has 1 atom stereocenters. The largest absolute Gasteiger partial charge is 0.444 e. The van der Waals surface area contributed by atoms with E-state index in [1.54, 1.807) is 6.07 Å². The van der Waals surface area contributed by atoms with E-state index in [9.17, 15) is 4.79 Å². The van der Waals surface area contributed by atoms with Gasteiger partial charge in [0.1, 0.15) is 5.60 Å². The molecule has 0 spiro atoms. The molecule has 0 aromatic heterocycles. The van der Waals surface area contributed by atoms with Crippen LogP contribution in [-0.4, -0.2) is 24.4 Å². The predicted molar refractivity (Wildman–Crippen MR) is 74.8 cm³/mol. The van der Waals surface area contributed by atoms with Crippen molar-refractivity contribution in [3.05, 3.63) is 28.8 Å². The fourth-order valence-corrected chi connectivity index (χ4v) is 1.90. The van der Waals surface area contributed by atoms with Crippen molar-refractivity contribution >= 4 is 23.4 Å². The highest BCUT2D eigenvalue weighted by Crippen LogP contribution is 2.26. The van der Waals surface area contributed by atoms with Crippen LogP contribution in [0, 0.1) is 0 Å². The van der Waals surface area contributed by atoms with Gasteiger partial charge in [0.05, 0.1) is 23.4 Å². The van der Waals surface area contributed by atoms with Crippen molar-refractivity contribution in [2.24, 2.45) is 0 Å². The van der Waals surface area contributed by atoms with Crippen molar-refractivity contribution < 1.29 is 14.3 Å². The summed E-state index contributed by atoms with van der Waals surface area (Å²) in [5.41, 5.74) is 1.12. The van der Waals surface area contributed by atoms with Gasteiger partial charge in [0, 0.05) is 6.42 Å². The minimum atomic E-state index is -0.528. The normalized spacial score (nSPS) is 18.0. The lowest BCUT2D eigenvalue weighted by atomic mass is 10.1. The number of benzene rings is 1. The molecule has 1 heterocycles. The van der Waals surface area contributed by atoms with Crippen molar-refractivity contribution in [3.8, 4) is 0 Å². The summed E-state index contributed by atoms with van der Waals surface area (Å²) >= 11 is 6.14. The monoisotopic (exact) mass is 283 g/mol. The van der Waals surface area contributed by atoms with E-state index in [0.29, 0.717) is 16.8 Å². The van der Waals surface area contributed by atoms with Crippen LogP contribution in [0.1, 0.15) is 26.3 Å². The first-order valence-electron chi connectivity index (χ1n) is 6.23. The van der Waals surface area contributed by atoms with E-state index < -0.39 is 11.7 Å². The number of amides is 1. The Balaban J connectivity index is 1.98. The van der Waals surface area contributed by atoms with Gasteiger partial charge < -0.3 is 9.47 Å². The number of carbonyl (C=O) groups is 1. The molecule has 0 bridgehead atoms. The molecule has 0 saturated carbocycles. The number of hydrogen-bond acceptors (Lipinski definition) is 3. The van der Waals surface area contributed by atoms with Crippen molar-refractivity contribution in [3.63, 3.8) is 0 Å². The maximum Gasteiger partial charge on any atom is 0.412 e. The lowest BCUT2D eigenvalue weighted by Crippen LogP contribution is -2.27. The molecular formula is C14H18ClNO3. The first-order chi connectivity index (χ1) is 8.83. The Bertz CT molecular complexity index is 478. The number of halogens is 1. The van der Waals surface area contributed by atoms with Crippen molar-refractivity contribution in [2.45, 2.75) is 38.9 Å². The van der Waals surface area contributed by atoms with Crippen LogP contribution in [0.5, 0.6) is 0 Å². The van der Waals surface area contributed by atoms with Gasteiger partial charge >= 0.3 is 6.09 Å². The molecule has 4 nitrogen and oxygen atoms in total. The van der Waals surface area contributed by atoms with Crippen molar-refractivity contribution in [2.75, 3.05) is 11.9 Å². The van der Waals surface area contributed by atoms with Gasteiger partial charge in [-0.3, -0.25) is 5.32 Å². The van der Waals surface area contributed by atoms with E-state index in [2.05, 4.69) is 5.32 Å². The van der Waals surface area contributed by atoms with Gasteiger partial charge in [0.25, 0.3) is 0 Å². The van der Waals surface area contributed by atoms with Gasteiger partial charge in [0.15, 0.2) is 0 Å². The Morgan fingerprint density at radius 2 is 2.21 bits per heavy atom. The van der Waals surface area contributed by atoms with E-state index in [-0.39, 0.29) is 0 Å². The van der Waals surface area contributed by atoms with Gasteiger partial charge in [-0.2, -0.15) is 0 Å². The molecule has 19 heavy (non-hydrogen) atoms. The molecule has 1 unspecified atom stereocenters. The summed E-state index contributed by atoms with van der Waals surface area (Å²) in [6, 6.07) is 5.56. The molecular weight excluding hydrogens is 266 g/mol. The van der Waals surface area contributed by atoms with Crippen LogP contribution < -0.4 is 5.32 Å². The number of carbonyl (C=O) groups excluding carboxylic acids is 1. The van der Waals surface area contributed by atoms with Crippen LogP contribution in [0.2, 0.25) is 5.02 Å². The quantitative estimate of drug-likeness (QED) is 0.862. The third-order valence-corrected chi connectivity index (χ3v) is 2.85. The number of nitrogens with one attached hydrogen (secondary N) is 1. The highest BCUT2D eigenvalue weighted by molar-refractivity contribution is 6.33. The Morgan fingerprint density at radius 1 is 1.53 bits per heavy atom. The van der Waals surface area contributed by atoms with E-state index in [1.165, 1.54) is 0 Å². The lowest BCUT2D eigenvalue weighted by molar-refractivity contribution is 0.0636. The molecule has 1 N–H and O–H groups in total. The molecule has 1 aromatic rings. The molecule has 1 aliphatic heterocycles. The summed E-state index contributed by atoms with van der Waals surface area (Å²) < 4.78 is 10.3. The Kier molecular flexibility index (Phi) is 4.02. The maximum atomic E-state index is 11.6. The smallest absolute Gasteiger partial charge is 0.412 e. The van der Waals surface area contributed by atoms with Crippen LogP contribution in [0.3, 0.4) is 0 Å². The first kappa shape index (κ1) is 14.2. The number of rotatable bonds is 3. The minimum absolute atomic E-state index is 0.320. The highest BCUT2D eigenvalue weighted by atomic mass is 35.5. The molecule has 0 radical (unpaired) electrons. The SMILES string of the molecule is CC(C)(C)OC(=O)Nc1ccc(CC2CO2)cc1Cl. The third kappa shape index (κ3) is 4.73. The Labute approximate surface area is 118 Å². The molecule has 1 aromatic carbocycles. The van der Waals surface area contributed by atoms with Crippen molar-refractivity contribution in [1.29, 1.82) is 0 Å². The standard InChI is InChI=1S/C14H18ClNO3/c1-14(2,3)19-13(17)16-12-5-4-9(7-11(12)15)6-10-8-18-10/h4-5,7,10H,6,8H2,1-3H3,(H,16,17). The molecule has 1 saturated heterocycles. The summed E-state index contributed by atoms with van der Waals surface area (Å²) in [7, 11) is 0. The molecule has 0 aliphatic carbocycles. The van der Waals surface area contributed by atoms with Crippen molar-refractivity contribution in [1.82, 2.24) is 0 Å². The second-order valence-corrected chi connectivity index (χ2v) is 6.01. The minimum Gasteiger partial charge on any atom is -0.444 e. The van der Waals surface area contributed by atoms with E-state index in [1.807, 2.05) is 32.9 Å². The average molecular weight is 284 g/mol. The number of epoxide rings is 1. The highest BCUT2D eigenvalue weighted by Gasteiger charge is 2.23. The number of anilines is 1. The Morgan fingerprint density at radius 3 is 2.74 bits per heavy atom. The second kappa shape index (κ2) is 5.39. The van der Waals surface area contributed by atoms with E-state index >= 15 is 0 Å². The molecule has 5 heteroatoms. The molecule has 104 valence electrons. The van der Waals surface area contributed by atoms with Crippen LogP contribution in [0.15, 0.2) is 18.2 Å². The first-order valence-corrected chi connectivity index (χ1v) is 6.61. The fraction of sp³-hybridized carbons (Fsp3) is 0.500. The Hall–Kier alpha value is -1.26. The fourth-order valence-electron chi connectivity index (χ4n) is 1.65. The predicted octanol–water partition coefficient (Wildman–Crippen LogP) is 3.63. The molecule has 1 fully saturated rings. The second-order valence-electron chi connectivity index (χ2n) is 5.60. The molecule has 2 rings (SSSR count). The van der Waals surface area contributed by atoms with Gasteiger partial charge in [-0.25, -0.2) is 4.79 Å². The summed E-state index contributed by atoms with van der Waals surface area (Å²) in [5, 5.41) is 3.14. The summed E-state index contributed by atoms with van der Waals surface area (Å²) in [6.45, 7) is 6.25. The van der Waals surface area contributed by atoms with Gasteiger partial charge in [-0.15, -0.1) is 0 Å². The topological polar surface area (TPSA) is 50.9 Å².